The Kier molecular flexibility index (Phi) is 4.73. The van der Waals surface area contributed by atoms with Gasteiger partial charge in [0.2, 0.25) is 0 Å². The van der Waals surface area contributed by atoms with Crippen molar-refractivity contribution in [3.63, 3.8) is 0 Å². The molecule has 0 amide bonds. The van der Waals surface area contributed by atoms with Crippen molar-refractivity contribution in [2.75, 3.05) is 6.61 Å². The molecule has 2 nitrogen and oxygen atoms in total. The van der Waals surface area contributed by atoms with Crippen LogP contribution in [0.15, 0.2) is 48.5 Å². The van der Waals surface area contributed by atoms with Gasteiger partial charge in [-0.15, -0.1) is 0 Å². The molecule has 0 spiro atoms. The monoisotopic (exact) mass is 269 g/mol. The zero-order valence-electron chi connectivity index (χ0n) is 11.3. The molecule has 1 unspecified atom stereocenters. The van der Waals surface area contributed by atoms with Crippen LogP contribution in [-0.2, 0) is 0 Å². The Morgan fingerprint density at radius 2 is 1.85 bits per heavy atom. The molecule has 3 heteroatoms. The molecule has 0 aliphatic carbocycles. The van der Waals surface area contributed by atoms with E-state index in [9.17, 15) is 9.65 Å². The number of hydrogen-bond donors (Lipinski definition) is 0. The minimum atomic E-state index is -0.285. The van der Waals surface area contributed by atoms with Gasteiger partial charge in [0.1, 0.15) is 11.6 Å². The van der Waals surface area contributed by atoms with Crippen molar-refractivity contribution in [3.8, 4) is 11.8 Å². The molecule has 0 aliphatic rings. The third kappa shape index (κ3) is 3.58. The van der Waals surface area contributed by atoms with Gasteiger partial charge >= 0.3 is 0 Å². The summed E-state index contributed by atoms with van der Waals surface area (Å²) in [6.07, 6.45) is 0.610. The van der Waals surface area contributed by atoms with Crippen molar-refractivity contribution in [1.29, 1.82) is 5.26 Å². The van der Waals surface area contributed by atoms with E-state index in [1.54, 1.807) is 12.1 Å². The molecule has 0 saturated heterocycles. The second-order valence-corrected chi connectivity index (χ2v) is 4.63. The number of rotatable bonds is 5. The molecule has 0 bridgehead atoms. The standard InChI is InChI=1S/C17H16FNO/c1-13-4-2-3-5-17(13)14(12-19)10-11-20-16-8-6-15(18)7-9-16/h2-9,14H,10-11H2,1H3. The molecule has 0 heterocycles. The number of ether oxygens (including phenoxy) is 1. The normalized spacial score (nSPS) is 11.7. The maximum Gasteiger partial charge on any atom is 0.123 e. The van der Waals surface area contributed by atoms with E-state index in [1.165, 1.54) is 12.1 Å². The number of hydrogen-bond acceptors (Lipinski definition) is 2. The van der Waals surface area contributed by atoms with Gasteiger partial charge in [0.15, 0.2) is 0 Å². The highest BCUT2D eigenvalue weighted by Gasteiger charge is 2.12. The van der Waals surface area contributed by atoms with E-state index < -0.39 is 0 Å². The molecular formula is C17H16FNO. The molecule has 2 aromatic rings. The summed E-state index contributed by atoms with van der Waals surface area (Å²) in [7, 11) is 0. The SMILES string of the molecule is Cc1ccccc1C(C#N)CCOc1ccc(F)cc1. The number of aryl methyl sites for hydroxylation is 1. The minimum Gasteiger partial charge on any atom is -0.494 e. The molecule has 0 fully saturated rings. The predicted molar refractivity (Wildman–Crippen MR) is 76.0 cm³/mol. The van der Waals surface area contributed by atoms with Crippen LogP contribution in [0.1, 0.15) is 23.5 Å². The van der Waals surface area contributed by atoms with Crippen LogP contribution in [0.25, 0.3) is 0 Å². The second-order valence-electron chi connectivity index (χ2n) is 4.63. The summed E-state index contributed by atoms with van der Waals surface area (Å²) in [4.78, 5) is 0. The van der Waals surface area contributed by atoms with Gasteiger partial charge in [-0.25, -0.2) is 4.39 Å². The maximum absolute atomic E-state index is 12.8. The second kappa shape index (κ2) is 6.72. The highest BCUT2D eigenvalue weighted by Crippen LogP contribution is 2.22. The Balaban J connectivity index is 1.94. The molecule has 0 aromatic heterocycles. The first kappa shape index (κ1) is 14.1. The van der Waals surface area contributed by atoms with Gasteiger partial charge in [-0.3, -0.25) is 0 Å². The average Bonchev–Trinajstić information content (AvgIpc) is 2.47. The smallest absolute Gasteiger partial charge is 0.123 e. The van der Waals surface area contributed by atoms with Gasteiger partial charge < -0.3 is 4.74 Å². The van der Waals surface area contributed by atoms with Crippen molar-refractivity contribution >= 4 is 0 Å². The number of nitriles is 1. The third-order valence-electron chi connectivity index (χ3n) is 3.21. The topological polar surface area (TPSA) is 33.0 Å². The van der Waals surface area contributed by atoms with Crippen molar-refractivity contribution in [2.24, 2.45) is 0 Å². The fourth-order valence-corrected chi connectivity index (χ4v) is 2.09. The minimum absolute atomic E-state index is 0.184. The van der Waals surface area contributed by atoms with E-state index in [0.29, 0.717) is 18.8 Å². The van der Waals surface area contributed by atoms with E-state index in [1.807, 2.05) is 31.2 Å². The van der Waals surface area contributed by atoms with Crippen LogP contribution in [0, 0.1) is 24.1 Å². The van der Waals surface area contributed by atoms with Crippen LogP contribution < -0.4 is 4.74 Å². The number of halogens is 1. The summed E-state index contributed by atoms with van der Waals surface area (Å²) >= 11 is 0. The lowest BCUT2D eigenvalue weighted by Gasteiger charge is -2.13. The molecule has 0 saturated carbocycles. The van der Waals surface area contributed by atoms with Gasteiger partial charge in [-0.2, -0.15) is 5.26 Å². The quantitative estimate of drug-likeness (QED) is 0.814. The summed E-state index contributed by atoms with van der Waals surface area (Å²) in [5, 5.41) is 9.28. The van der Waals surface area contributed by atoms with Crippen LogP contribution in [-0.4, -0.2) is 6.61 Å². The van der Waals surface area contributed by atoms with E-state index in [4.69, 9.17) is 4.74 Å². The van der Waals surface area contributed by atoms with Crippen LogP contribution in [0.4, 0.5) is 4.39 Å². The van der Waals surface area contributed by atoms with Crippen LogP contribution in [0.5, 0.6) is 5.75 Å². The fourth-order valence-electron chi connectivity index (χ4n) is 2.09. The van der Waals surface area contributed by atoms with Gasteiger partial charge in [-0.05, 0) is 42.3 Å². The molecule has 2 aromatic carbocycles. The lowest BCUT2D eigenvalue weighted by atomic mass is 9.94. The first-order valence-corrected chi connectivity index (χ1v) is 6.54. The highest BCUT2D eigenvalue weighted by atomic mass is 19.1. The molecule has 0 N–H and O–H groups in total. The van der Waals surface area contributed by atoms with Crippen LogP contribution in [0.2, 0.25) is 0 Å². The Bertz CT molecular complexity index is 601. The summed E-state index contributed by atoms with van der Waals surface area (Å²) in [6, 6.07) is 16.1. The average molecular weight is 269 g/mol. The number of benzene rings is 2. The van der Waals surface area contributed by atoms with Crippen molar-refractivity contribution in [2.45, 2.75) is 19.3 Å². The Hall–Kier alpha value is -2.34. The lowest BCUT2D eigenvalue weighted by Crippen LogP contribution is -2.05. The van der Waals surface area contributed by atoms with E-state index >= 15 is 0 Å². The molecule has 20 heavy (non-hydrogen) atoms. The Morgan fingerprint density at radius 3 is 2.50 bits per heavy atom. The molecular weight excluding hydrogens is 253 g/mol. The summed E-state index contributed by atoms with van der Waals surface area (Å²) in [5.41, 5.74) is 2.15. The van der Waals surface area contributed by atoms with E-state index in [-0.39, 0.29) is 11.7 Å². The molecule has 0 radical (unpaired) electrons. The summed E-state index contributed by atoms with van der Waals surface area (Å²) in [6.45, 7) is 2.43. The largest absolute Gasteiger partial charge is 0.494 e. The third-order valence-corrected chi connectivity index (χ3v) is 3.21. The van der Waals surface area contributed by atoms with Gasteiger partial charge in [0.25, 0.3) is 0 Å². The van der Waals surface area contributed by atoms with E-state index in [0.717, 1.165) is 11.1 Å². The Morgan fingerprint density at radius 1 is 1.15 bits per heavy atom. The number of nitrogens with zero attached hydrogens (tertiary/aromatic N) is 1. The first-order chi connectivity index (χ1) is 9.70. The van der Waals surface area contributed by atoms with Crippen molar-refractivity contribution in [1.82, 2.24) is 0 Å². The van der Waals surface area contributed by atoms with Gasteiger partial charge in [-0.1, -0.05) is 24.3 Å². The fraction of sp³-hybridized carbons (Fsp3) is 0.235. The molecule has 0 aliphatic heterocycles. The summed E-state index contributed by atoms with van der Waals surface area (Å²) in [5.74, 6) is 0.150. The molecule has 102 valence electrons. The predicted octanol–water partition coefficient (Wildman–Crippen LogP) is 4.21. The zero-order chi connectivity index (χ0) is 14.4. The van der Waals surface area contributed by atoms with Crippen LogP contribution in [0.3, 0.4) is 0 Å². The Labute approximate surface area is 118 Å². The van der Waals surface area contributed by atoms with Crippen molar-refractivity contribution < 1.29 is 9.13 Å². The lowest BCUT2D eigenvalue weighted by molar-refractivity contribution is 0.305. The van der Waals surface area contributed by atoms with E-state index in [2.05, 4.69) is 6.07 Å². The van der Waals surface area contributed by atoms with Crippen LogP contribution >= 0.6 is 0 Å². The highest BCUT2D eigenvalue weighted by molar-refractivity contribution is 5.32. The van der Waals surface area contributed by atoms with Crippen molar-refractivity contribution in [3.05, 3.63) is 65.5 Å². The molecule has 1 atom stereocenters. The van der Waals surface area contributed by atoms with Gasteiger partial charge in [0, 0.05) is 6.42 Å². The molecule has 2 rings (SSSR count). The zero-order valence-corrected chi connectivity index (χ0v) is 11.3. The first-order valence-electron chi connectivity index (χ1n) is 6.54. The van der Waals surface area contributed by atoms with Gasteiger partial charge in [0.05, 0.1) is 18.6 Å². The summed E-state index contributed by atoms with van der Waals surface area (Å²) < 4.78 is 18.3. The maximum atomic E-state index is 12.8.